The number of carboxylic acids is 1. The van der Waals surface area contributed by atoms with E-state index in [-0.39, 0.29) is 12.4 Å². The van der Waals surface area contributed by atoms with Crippen LogP contribution in [0.5, 0.6) is 0 Å². The summed E-state index contributed by atoms with van der Waals surface area (Å²) in [7, 11) is 1.59. The number of carboxylic acid groups (broad SMARTS) is 1. The lowest BCUT2D eigenvalue weighted by Crippen LogP contribution is -2.25. The van der Waals surface area contributed by atoms with Crippen molar-refractivity contribution in [1.82, 2.24) is 5.32 Å². The summed E-state index contributed by atoms with van der Waals surface area (Å²) >= 11 is 5.84. The van der Waals surface area contributed by atoms with Crippen LogP contribution in [-0.2, 0) is 4.79 Å². The maximum absolute atomic E-state index is 10.8. The van der Waals surface area contributed by atoms with Gasteiger partial charge in [-0.3, -0.25) is 4.79 Å². The normalized spacial score (nSPS) is 11.6. The molecule has 0 spiro atoms. The third-order valence-electron chi connectivity index (χ3n) is 1.75. The summed E-state index contributed by atoms with van der Waals surface area (Å²) in [5.74, 6) is -0.935. The molecule has 0 saturated carbocycles. The summed E-state index contributed by atoms with van der Waals surface area (Å²) in [6.07, 6.45) is 0. The largest absolute Gasteiger partial charge is 0.480 e. The van der Waals surface area contributed by atoms with E-state index in [4.69, 9.17) is 16.7 Å². The van der Waals surface area contributed by atoms with E-state index >= 15 is 0 Å². The molecule has 1 atom stereocenters. The molecule has 0 heterocycles. The molecule has 0 radical (unpaired) electrons. The average Bonchev–Trinajstić information content (AvgIpc) is 2.09. The molecule has 0 fully saturated rings. The Balaban J connectivity index is 0.00000169. The Bertz CT molecular complexity index is 317. The van der Waals surface area contributed by atoms with Gasteiger partial charge in [-0.25, -0.2) is 0 Å². The van der Waals surface area contributed by atoms with Crippen molar-refractivity contribution in [2.75, 3.05) is 7.05 Å². The van der Waals surface area contributed by atoms with Crippen LogP contribution in [0, 0.1) is 0 Å². The van der Waals surface area contributed by atoms with Gasteiger partial charge in [-0.1, -0.05) is 29.8 Å². The lowest BCUT2D eigenvalue weighted by atomic mass is 10.1. The zero-order valence-corrected chi connectivity index (χ0v) is 9.10. The second kappa shape index (κ2) is 5.86. The second-order valence-corrected chi connectivity index (χ2v) is 2.99. The monoisotopic (exact) mass is 235 g/mol. The smallest absolute Gasteiger partial charge is 0.325 e. The van der Waals surface area contributed by atoms with E-state index in [0.717, 1.165) is 0 Å². The van der Waals surface area contributed by atoms with E-state index in [1.54, 1.807) is 31.3 Å². The number of carbonyl (C=O) groups is 1. The van der Waals surface area contributed by atoms with Crippen molar-refractivity contribution in [3.05, 3.63) is 34.9 Å². The summed E-state index contributed by atoms with van der Waals surface area (Å²) in [6, 6.07) is 6.14. The molecule has 0 saturated heterocycles. The Morgan fingerprint density at radius 2 is 2.07 bits per heavy atom. The minimum atomic E-state index is -0.935. The molecule has 14 heavy (non-hydrogen) atoms. The van der Waals surface area contributed by atoms with Gasteiger partial charge in [-0.2, -0.15) is 0 Å². The molecule has 0 bridgehead atoms. The molecule has 1 unspecified atom stereocenters. The molecular weight excluding hydrogens is 225 g/mol. The maximum atomic E-state index is 10.8. The second-order valence-electron chi connectivity index (χ2n) is 2.58. The topological polar surface area (TPSA) is 49.3 Å². The van der Waals surface area contributed by atoms with E-state index in [1.807, 2.05) is 0 Å². The van der Waals surface area contributed by atoms with Crippen LogP contribution in [0.2, 0.25) is 5.02 Å². The number of halogens is 2. The molecule has 1 aromatic carbocycles. The van der Waals surface area contributed by atoms with Gasteiger partial charge in [0.25, 0.3) is 0 Å². The van der Waals surface area contributed by atoms with Crippen LogP contribution in [0.3, 0.4) is 0 Å². The van der Waals surface area contributed by atoms with E-state index in [1.165, 1.54) is 0 Å². The van der Waals surface area contributed by atoms with E-state index in [2.05, 4.69) is 5.32 Å². The third kappa shape index (κ3) is 2.87. The highest BCUT2D eigenvalue weighted by molar-refractivity contribution is 6.31. The lowest BCUT2D eigenvalue weighted by Gasteiger charge is -2.12. The number of hydrogen-bond donors (Lipinski definition) is 2. The molecule has 3 nitrogen and oxygen atoms in total. The average molecular weight is 236 g/mol. The fraction of sp³-hybridized carbons (Fsp3) is 0.222. The first kappa shape index (κ1) is 13.2. The molecule has 5 heteroatoms. The van der Waals surface area contributed by atoms with Crippen molar-refractivity contribution in [1.29, 1.82) is 0 Å². The first-order valence-electron chi connectivity index (χ1n) is 3.81. The molecule has 1 rings (SSSR count). The number of rotatable bonds is 3. The summed E-state index contributed by atoms with van der Waals surface area (Å²) in [5, 5.41) is 12.0. The summed E-state index contributed by atoms with van der Waals surface area (Å²) in [4.78, 5) is 10.8. The highest BCUT2D eigenvalue weighted by Gasteiger charge is 2.19. The Morgan fingerprint density at radius 1 is 1.50 bits per heavy atom. The highest BCUT2D eigenvalue weighted by Crippen LogP contribution is 2.22. The van der Waals surface area contributed by atoms with Crippen molar-refractivity contribution in [3.63, 3.8) is 0 Å². The predicted octanol–water partition coefficient (Wildman–Crippen LogP) is 2.11. The van der Waals surface area contributed by atoms with Crippen molar-refractivity contribution in [2.24, 2.45) is 0 Å². The van der Waals surface area contributed by atoms with Gasteiger partial charge in [0, 0.05) is 5.02 Å². The third-order valence-corrected chi connectivity index (χ3v) is 2.10. The van der Waals surface area contributed by atoms with Gasteiger partial charge >= 0.3 is 5.97 Å². The Hall–Kier alpha value is -0.770. The Labute approximate surface area is 93.5 Å². The number of likely N-dealkylation sites (N-methyl/N-ethyl adjacent to an activating group) is 1. The van der Waals surface area contributed by atoms with Gasteiger partial charge in [-0.15, -0.1) is 12.4 Å². The van der Waals surface area contributed by atoms with E-state index < -0.39 is 12.0 Å². The van der Waals surface area contributed by atoms with Gasteiger partial charge in [0.15, 0.2) is 0 Å². The summed E-state index contributed by atoms with van der Waals surface area (Å²) < 4.78 is 0. The minimum Gasteiger partial charge on any atom is -0.480 e. The van der Waals surface area contributed by atoms with E-state index in [0.29, 0.717) is 10.6 Å². The Morgan fingerprint density at radius 3 is 2.50 bits per heavy atom. The highest BCUT2D eigenvalue weighted by atomic mass is 35.5. The van der Waals surface area contributed by atoms with Crippen molar-refractivity contribution in [2.45, 2.75) is 6.04 Å². The molecule has 0 aromatic heterocycles. The summed E-state index contributed by atoms with van der Waals surface area (Å²) in [6.45, 7) is 0. The molecule has 78 valence electrons. The summed E-state index contributed by atoms with van der Waals surface area (Å²) in [5.41, 5.74) is 0.583. The van der Waals surface area contributed by atoms with Gasteiger partial charge in [0.2, 0.25) is 0 Å². The molecule has 0 aliphatic carbocycles. The van der Waals surface area contributed by atoms with Crippen LogP contribution >= 0.6 is 24.0 Å². The maximum Gasteiger partial charge on any atom is 0.325 e. The van der Waals surface area contributed by atoms with Crippen LogP contribution in [-0.4, -0.2) is 18.1 Å². The van der Waals surface area contributed by atoms with Crippen LogP contribution in [0.25, 0.3) is 0 Å². The zero-order chi connectivity index (χ0) is 9.84. The first-order valence-corrected chi connectivity index (χ1v) is 4.19. The van der Waals surface area contributed by atoms with E-state index in [9.17, 15) is 4.79 Å². The van der Waals surface area contributed by atoms with Crippen molar-refractivity contribution < 1.29 is 9.90 Å². The fourth-order valence-electron chi connectivity index (χ4n) is 1.12. The minimum absolute atomic E-state index is 0. The SMILES string of the molecule is CNC(C(=O)O)c1ccccc1Cl.Cl. The van der Waals surface area contributed by atoms with Crippen molar-refractivity contribution >= 4 is 30.0 Å². The van der Waals surface area contributed by atoms with Crippen LogP contribution in [0.1, 0.15) is 11.6 Å². The van der Waals surface area contributed by atoms with Crippen LogP contribution in [0.4, 0.5) is 0 Å². The van der Waals surface area contributed by atoms with Gasteiger partial charge in [0.05, 0.1) is 0 Å². The first-order chi connectivity index (χ1) is 6.16. The quantitative estimate of drug-likeness (QED) is 0.844. The molecule has 0 aliphatic heterocycles. The fourth-order valence-corrected chi connectivity index (χ4v) is 1.37. The zero-order valence-electron chi connectivity index (χ0n) is 7.53. The van der Waals surface area contributed by atoms with Crippen LogP contribution < -0.4 is 5.32 Å². The predicted molar refractivity (Wildman–Crippen MR) is 58.1 cm³/mol. The molecule has 2 N–H and O–H groups in total. The Kier molecular flexibility index (Phi) is 5.53. The number of nitrogens with one attached hydrogen (secondary N) is 1. The van der Waals surface area contributed by atoms with Gasteiger partial charge in [-0.05, 0) is 18.7 Å². The molecular formula is C9H11Cl2NO2. The van der Waals surface area contributed by atoms with Gasteiger partial charge in [0.1, 0.15) is 6.04 Å². The number of aliphatic carboxylic acids is 1. The number of benzene rings is 1. The van der Waals surface area contributed by atoms with Crippen molar-refractivity contribution in [3.8, 4) is 0 Å². The van der Waals surface area contributed by atoms with Gasteiger partial charge < -0.3 is 10.4 Å². The van der Waals surface area contributed by atoms with Crippen LogP contribution in [0.15, 0.2) is 24.3 Å². The molecule has 0 aliphatic rings. The standard InChI is InChI=1S/C9H10ClNO2.ClH/c1-11-8(9(12)13)6-4-2-3-5-7(6)10;/h2-5,8,11H,1H3,(H,12,13);1H. The lowest BCUT2D eigenvalue weighted by molar-refractivity contribution is -0.139. The molecule has 0 amide bonds. The number of hydrogen-bond acceptors (Lipinski definition) is 2. The molecule has 1 aromatic rings.